The molecule has 0 fully saturated rings. The van der Waals surface area contributed by atoms with Crippen molar-refractivity contribution in [2.75, 3.05) is 5.32 Å². The summed E-state index contributed by atoms with van der Waals surface area (Å²) in [7, 11) is 0. The van der Waals surface area contributed by atoms with E-state index in [1.54, 1.807) is 6.20 Å². The molecule has 1 amide bonds. The summed E-state index contributed by atoms with van der Waals surface area (Å²) in [6.45, 7) is 3.97. The molecule has 0 saturated heterocycles. The molecule has 4 aromatic rings. The van der Waals surface area contributed by atoms with Crippen molar-refractivity contribution in [1.29, 1.82) is 0 Å². The number of nitrogens with zero attached hydrogens (tertiary/aromatic N) is 2. The van der Waals surface area contributed by atoms with Crippen molar-refractivity contribution in [2.24, 2.45) is 0 Å². The lowest BCUT2D eigenvalue weighted by atomic mass is 10.1. The number of carbonyl (C=O) groups excluding carboxylic acids is 1. The molecule has 5 heteroatoms. The van der Waals surface area contributed by atoms with E-state index in [2.05, 4.69) is 15.3 Å². The van der Waals surface area contributed by atoms with Gasteiger partial charge in [-0.3, -0.25) is 9.78 Å². The normalized spacial score (nSPS) is 10.9. The third-order valence-corrected chi connectivity index (χ3v) is 4.56. The first kappa shape index (κ1) is 17.9. The summed E-state index contributed by atoms with van der Waals surface area (Å²) in [5, 5.41) is 2.95. The zero-order valence-corrected chi connectivity index (χ0v) is 15.9. The molecule has 0 atom stereocenters. The minimum Gasteiger partial charge on any atom is -0.441 e. The van der Waals surface area contributed by atoms with Crippen molar-refractivity contribution in [3.8, 4) is 11.1 Å². The Morgan fingerprint density at radius 3 is 2.61 bits per heavy atom. The molecule has 2 heterocycles. The maximum Gasteiger partial charge on any atom is 0.228 e. The SMILES string of the molecule is CCc1nc2cc(CC(=O)Nc3ccc(-c4ccnc(C)c4)cc3)ccc2o1. The number of benzene rings is 2. The summed E-state index contributed by atoms with van der Waals surface area (Å²) < 4.78 is 5.61. The second kappa shape index (κ2) is 7.64. The third-order valence-electron chi connectivity index (χ3n) is 4.56. The molecule has 0 aliphatic heterocycles. The molecule has 1 N–H and O–H groups in total. The van der Waals surface area contributed by atoms with E-state index < -0.39 is 0 Å². The summed E-state index contributed by atoms with van der Waals surface area (Å²) in [5.41, 5.74) is 6.40. The molecule has 140 valence electrons. The highest BCUT2D eigenvalue weighted by atomic mass is 16.3. The first-order valence-electron chi connectivity index (χ1n) is 9.32. The Hall–Kier alpha value is -3.47. The van der Waals surface area contributed by atoms with Crippen molar-refractivity contribution in [3.63, 3.8) is 0 Å². The fourth-order valence-corrected chi connectivity index (χ4v) is 3.14. The number of amides is 1. The fraction of sp³-hybridized carbons (Fsp3) is 0.174. The van der Waals surface area contributed by atoms with Gasteiger partial charge in [-0.25, -0.2) is 4.98 Å². The Labute approximate surface area is 163 Å². The molecular weight excluding hydrogens is 350 g/mol. The number of hydrogen-bond donors (Lipinski definition) is 1. The highest BCUT2D eigenvalue weighted by Crippen LogP contribution is 2.22. The lowest BCUT2D eigenvalue weighted by Crippen LogP contribution is -2.14. The van der Waals surface area contributed by atoms with Crippen LogP contribution in [0.2, 0.25) is 0 Å². The van der Waals surface area contributed by atoms with Crippen molar-refractivity contribution in [2.45, 2.75) is 26.7 Å². The number of carbonyl (C=O) groups is 1. The number of hydrogen-bond acceptors (Lipinski definition) is 4. The summed E-state index contributed by atoms with van der Waals surface area (Å²) in [6, 6.07) is 17.5. The Kier molecular flexibility index (Phi) is 4.89. The van der Waals surface area contributed by atoms with Crippen LogP contribution in [-0.2, 0) is 17.6 Å². The largest absolute Gasteiger partial charge is 0.441 e. The van der Waals surface area contributed by atoms with E-state index in [4.69, 9.17) is 4.42 Å². The molecular formula is C23H21N3O2. The van der Waals surface area contributed by atoms with Crippen LogP contribution in [0.15, 0.2) is 65.2 Å². The van der Waals surface area contributed by atoms with Crippen LogP contribution >= 0.6 is 0 Å². The van der Waals surface area contributed by atoms with Gasteiger partial charge in [-0.05, 0) is 60.0 Å². The smallest absolute Gasteiger partial charge is 0.228 e. The Balaban J connectivity index is 1.43. The number of aryl methyl sites for hydroxylation is 2. The van der Waals surface area contributed by atoms with E-state index in [1.807, 2.05) is 68.4 Å². The molecule has 0 spiro atoms. The topological polar surface area (TPSA) is 68.0 Å². The van der Waals surface area contributed by atoms with Gasteiger partial charge in [0.1, 0.15) is 5.52 Å². The molecule has 0 unspecified atom stereocenters. The van der Waals surface area contributed by atoms with Gasteiger partial charge in [0.05, 0.1) is 6.42 Å². The highest BCUT2D eigenvalue weighted by molar-refractivity contribution is 5.93. The minimum atomic E-state index is -0.0638. The zero-order valence-electron chi connectivity index (χ0n) is 15.9. The van der Waals surface area contributed by atoms with Crippen molar-refractivity contribution >= 4 is 22.7 Å². The van der Waals surface area contributed by atoms with Crippen molar-refractivity contribution < 1.29 is 9.21 Å². The summed E-state index contributed by atoms with van der Waals surface area (Å²) >= 11 is 0. The van der Waals surface area contributed by atoms with Crippen LogP contribution in [0.25, 0.3) is 22.2 Å². The number of fused-ring (bicyclic) bond motifs is 1. The maximum absolute atomic E-state index is 12.4. The van der Waals surface area contributed by atoms with Gasteiger partial charge in [0.25, 0.3) is 0 Å². The summed E-state index contributed by atoms with van der Waals surface area (Å²) in [4.78, 5) is 21.1. The second-order valence-electron chi connectivity index (χ2n) is 6.75. The van der Waals surface area contributed by atoms with E-state index in [0.717, 1.165) is 45.6 Å². The van der Waals surface area contributed by atoms with E-state index in [-0.39, 0.29) is 12.3 Å². The number of pyridine rings is 1. The van der Waals surface area contributed by atoms with Crippen molar-refractivity contribution in [1.82, 2.24) is 9.97 Å². The summed E-state index contributed by atoms with van der Waals surface area (Å²) in [6.07, 6.45) is 2.84. The van der Waals surface area contributed by atoms with Gasteiger partial charge in [-0.15, -0.1) is 0 Å². The average molecular weight is 371 g/mol. The first-order chi connectivity index (χ1) is 13.6. The summed E-state index contributed by atoms with van der Waals surface area (Å²) in [5.74, 6) is 0.646. The average Bonchev–Trinajstić information content (AvgIpc) is 3.11. The van der Waals surface area contributed by atoms with Crippen LogP contribution in [-0.4, -0.2) is 15.9 Å². The molecule has 0 bridgehead atoms. The van der Waals surface area contributed by atoms with E-state index in [1.165, 1.54) is 0 Å². The molecule has 0 radical (unpaired) electrons. The van der Waals surface area contributed by atoms with Crippen LogP contribution in [0.3, 0.4) is 0 Å². The predicted molar refractivity (Wildman–Crippen MR) is 110 cm³/mol. The van der Waals surface area contributed by atoms with Gasteiger partial charge in [0, 0.05) is 24.0 Å². The van der Waals surface area contributed by atoms with E-state index in [9.17, 15) is 4.79 Å². The molecule has 28 heavy (non-hydrogen) atoms. The minimum absolute atomic E-state index is 0.0638. The van der Waals surface area contributed by atoms with Crippen LogP contribution in [0.4, 0.5) is 5.69 Å². The molecule has 2 aromatic heterocycles. The number of rotatable bonds is 5. The van der Waals surface area contributed by atoms with Gasteiger partial charge in [0.2, 0.25) is 5.91 Å². The molecule has 0 aliphatic carbocycles. The van der Waals surface area contributed by atoms with Crippen LogP contribution in [0.1, 0.15) is 24.1 Å². The second-order valence-corrected chi connectivity index (χ2v) is 6.75. The Bertz CT molecular complexity index is 1130. The van der Waals surface area contributed by atoms with Crippen molar-refractivity contribution in [3.05, 3.63) is 77.9 Å². The van der Waals surface area contributed by atoms with Crippen LogP contribution in [0, 0.1) is 6.92 Å². The van der Waals surface area contributed by atoms with E-state index in [0.29, 0.717) is 5.89 Å². The lowest BCUT2D eigenvalue weighted by Gasteiger charge is -2.07. The number of anilines is 1. The highest BCUT2D eigenvalue weighted by Gasteiger charge is 2.09. The maximum atomic E-state index is 12.4. The molecule has 4 rings (SSSR count). The van der Waals surface area contributed by atoms with Crippen LogP contribution in [0.5, 0.6) is 0 Å². The lowest BCUT2D eigenvalue weighted by molar-refractivity contribution is -0.115. The number of nitrogens with one attached hydrogen (secondary N) is 1. The van der Waals surface area contributed by atoms with Gasteiger partial charge < -0.3 is 9.73 Å². The number of oxazole rings is 1. The Morgan fingerprint density at radius 1 is 1.04 bits per heavy atom. The van der Waals surface area contributed by atoms with Gasteiger partial charge in [0.15, 0.2) is 11.5 Å². The van der Waals surface area contributed by atoms with Crippen LogP contribution < -0.4 is 5.32 Å². The van der Waals surface area contributed by atoms with Gasteiger partial charge >= 0.3 is 0 Å². The molecule has 2 aromatic carbocycles. The van der Waals surface area contributed by atoms with E-state index >= 15 is 0 Å². The third kappa shape index (κ3) is 3.93. The quantitative estimate of drug-likeness (QED) is 0.539. The molecule has 5 nitrogen and oxygen atoms in total. The van der Waals surface area contributed by atoms with Gasteiger partial charge in [-0.2, -0.15) is 0 Å². The van der Waals surface area contributed by atoms with Gasteiger partial charge in [-0.1, -0.05) is 25.1 Å². The molecule has 0 saturated carbocycles. The number of aromatic nitrogens is 2. The zero-order chi connectivity index (χ0) is 19.5. The fourth-order valence-electron chi connectivity index (χ4n) is 3.14. The standard InChI is InChI=1S/C23H21N3O2/c1-3-23-26-20-13-16(4-9-21(20)28-23)14-22(27)25-19-7-5-17(6-8-19)18-10-11-24-15(2)12-18/h4-13H,3,14H2,1-2H3,(H,25,27). The Morgan fingerprint density at radius 2 is 1.86 bits per heavy atom. The monoisotopic (exact) mass is 371 g/mol. The predicted octanol–water partition coefficient (Wildman–Crippen LogP) is 4.94. The molecule has 0 aliphatic rings. The first-order valence-corrected chi connectivity index (χ1v) is 9.32.